The molecular weight excluding hydrogens is 713 g/mol. The minimum absolute atomic E-state index is 0.00370. The SMILES string of the molecule is c1ccc(-n2c3ccccc3c3c4c5c(cc32)c2ccccc2n5-c2ccc3c5c2B4c2cccc4c6cccc(c6n-5c24)C32c3ccccc3-c3ccccc32)cc1. The quantitative estimate of drug-likeness (QED) is 0.149. The zero-order chi connectivity index (χ0) is 37.9. The van der Waals surface area contributed by atoms with E-state index in [1.807, 2.05) is 0 Å². The van der Waals surface area contributed by atoms with Crippen molar-refractivity contribution >= 4 is 88.5 Å². The molecule has 3 aromatic heterocycles. The van der Waals surface area contributed by atoms with Gasteiger partial charge in [-0.1, -0.05) is 146 Å². The second-order valence-corrected chi connectivity index (χ2v) is 17.1. The first-order valence-corrected chi connectivity index (χ1v) is 20.8. The molecule has 3 nitrogen and oxygen atoms in total. The fourth-order valence-electron chi connectivity index (χ4n) is 12.9. The van der Waals surface area contributed by atoms with E-state index in [0.717, 1.165) is 0 Å². The van der Waals surface area contributed by atoms with Crippen LogP contribution in [0.2, 0.25) is 0 Å². The highest BCUT2D eigenvalue weighted by Crippen LogP contribution is 2.61. The molecule has 9 aromatic carbocycles. The summed E-state index contributed by atoms with van der Waals surface area (Å²) >= 11 is 0. The summed E-state index contributed by atoms with van der Waals surface area (Å²) in [5, 5.41) is 7.90. The molecule has 0 bridgehead atoms. The van der Waals surface area contributed by atoms with Crippen molar-refractivity contribution in [2.24, 2.45) is 0 Å². The van der Waals surface area contributed by atoms with Crippen molar-refractivity contribution in [3.63, 3.8) is 0 Å². The van der Waals surface area contributed by atoms with E-state index in [-0.39, 0.29) is 6.71 Å². The van der Waals surface area contributed by atoms with Gasteiger partial charge in [0.25, 0.3) is 6.71 Å². The number of nitrogens with zero attached hydrogens (tertiary/aromatic N) is 3. The Morgan fingerprint density at radius 1 is 0.373 bits per heavy atom. The molecule has 4 heteroatoms. The smallest absolute Gasteiger partial charge is 0.253 e. The van der Waals surface area contributed by atoms with Crippen molar-refractivity contribution in [2.75, 3.05) is 0 Å². The summed E-state index contributed by atoms with van der Waals surface area (Å²) in [6.45, 7) is 0.00370. The first-order valence-electron chi connectivity index (χ1n) is 20.8. The molecule has 268 valence electrons. The third-order valence-electron chi connectivity index (χ3n) is 14.8. The highest BCUT2D eigenvalue weighted by Gasteiger charge is 2.54. The molecule has 6 heterocycles. The zero-order valence-electron chi connectivity index (χ0n) is 31.7. The van der Waals surface area contributed by atoms with Crippen LogP contribution in [0, 0.1) is 0 Å². The summed E-state index contributed by atoms with van der Waals surface area (Å²) in [6, 6.07) is 69.3. The molecule has 0 N–H and O–H groups in total. The number of fused-ring (bicyclic) bond motifs is 18. The number of benzene rings is 9. The van der Waals surface area contributed by atoms with Gasteiger partial charge >= 0.3 is 0 Å². The lowest BCUT2D eigenvalue weighted by atomic mass is 9.33. The van der Waals surface area contributed by atoms with Crippen molar-refractivity contribution in [1.82, 2.24) is 13.7 Å². The van der Waals surface area contributed by atoms with Crippen LogP contribution in [0.4, 0.5) is 0 Å². The summed E-state index contributed by atoms with van der Waals surface area (Å²) in [6.07, 6.45) is 0. The minimum atomic E-state index is -0.479. The van der Waals surface area contributed by atoms with Crippen molar-refractivity contribution in [3.8, 4) is 28.2 Å². The van der Waals surface area contributed by atoms with Crippen molar-refractivity contribution in [3.05, 3.63) is 204 Å². The van der Waals surface area contributed by atoms with Crippen LogP contribution >= 0.6 is 0 Å². The number of rotatable bonds is 1. The van der Waals surface area contributed by atoms with Crippen LogP contribution < -0.4 is 16.4 Å². The van der Waals surface area contributed by atoms with Crippen molar-refractivity contribution in [1.29, 1.82) is 0 Å². The molecule has 16 rings (SSSR count). The summed E-state index contributed by atoms with van der Waals surface area (Å²) < 4.78 is 7.85. The first-order chi connectivity index (χ1) is 29.3. The molecule has 0 atom stereocenters. The lowest BCUT2D eigenvalue weighted by Gasteiger charge is -2.44. The van der Waals surface area contributed by atoms with E-state index < -0.39 is 5.41 Å². The molecule has 3 aliphatic heterocycles. The molecule has 0 amide bonds. The predicted molar refractivity (Wildman–Crippen MR) is 245 cm³/mol. The van der Waals surface area contributed by atoms with Gasteiger partial charge in [-0.15, -0.1) is 0 Å². The Balaban J connectivity index is 1.19. The van der Waals surface area contributed by atoms with Gasteiger partial charge in [-0.2, -0.15) is 0 Å². The molecular formula is C55H30BN3. The fourth-order valence-corrected chi connectivity index (χ4v) is 12.9. The van der Waals surface area contributed by atoms with Crippen LogP contribution in [0.1, 0.15) is 22.3 Å². The van der Waals surface area contributed by atoms with Gasteiger partial charge < -0.3 is 13.7 Å². The number of para-hydroxylation sites is 5. The van der Waals surface area contributed by atoms with Gasteiger partial charge in [0.1, 0.15) is 0 Å². The monoisotopic (exact) mass is 743 g/mol. The van der Waals surface area contributed by atoms with Crippen LogP contribution in [0.15, 0.2) is 182 Å². The van der Waals surface area contributed by atoms with Crippen LogP contribution in [0.25, 0.3) is 93.6 Å². The van der Waals surface area contributed by atoms with E-state index in [9.17, 15) is 0 Å². The topological polar surface area (TPSA) is 14.8 Å². The normalized spacial score (nSPS) is 14.5. The number of aromatic nitrogens is 3. The Bertz CT molecular complexity index is 3930. The van der Waals surface area contributed by atoms with Gasteiger partial charge in [0.05, 0.1) is 33.0 Å². The lowest BCUT2D eigenvalue weighted by Crippen LogP contribution is -2.60. The van der Waals surface area contributed by atoms with E-state index in [1.54, 1.807) is 0 Å². The van der Waals surface area contributed by atoms with E-state index >= 15 is 0 Å². The van der Waals surface area contributed by atoms with Crippen LogP contribution in [0.5, 0.6) is 0 Å². The zero-order valence-corrected chi connectivity index (χ0v) is 31.7. The second kappa shape index (κ2) is 9.75. The van der Waals surface area contributed by atoms with Gasteiger partial charge in [-0.25, -0.2) is 0 Å². The number of hydrogen-bond donors (Lipinski definition) is 0. The Kier molecular flexibility index (Phi) is 4.90. The molecule has 0 saturated heterocycles. The molecule has 1 aliphatic carbocycles. The van der Waals surface area contributed by atoms with Crippen LogP contribution in [0.3, 0.4) is 0 Å². The maximum atomic E-state index is 2.70. The maximum Gasteiger partial charge on any atom is 0.253 e. The molecule has 4 aliphatic rings. The summed E-state index contributed by atoms with van der Waals surface area (Å²) in [5.74, 6) is 0. The maximum absolute atomic E-state index is 2.70. The van der Waals surface area contributed by atoms with Crippen LogP contribution in [-0.4, -0.2) is 20.4 Å². The molecule has 0 fully saturated rings. The molecule has 0 saturated carbocycles. The van der Waals surface area contributed by atoms with E-state index in [2.05, 4.69) is 196 Å². The summed E-state index contributed by atoms with van der Waals surface area (Å²) in [7, 11) is 0. The average Bonchev–Trinajstić information content (AvgIpc) is 4.01. The predicted octanol–water partition coefficient (Wildman–Crippen LogP) is 10.8. The van der Waals surface area contributed by atoms with Crippen LogP contribution in [-0.2, 0) is 5.41 Å². The molecule has 0 radical (unpaired) electrons. The standard InChI is InChI=1S/C55H30BN3/c1-2-14-31(15-3-1)57-45-27-11-7-19-37(45)48-47(57)30-38-34-18-6-10-26-44(34)58-46-29-28-42-54-49(46)56(50(48)53(38)58)43-25-13-21-36-35-20-12-24-41(51(35)59(54)52(36)43)55(42)39-22-8-4-16-32(39)33-17-5-9-23-40(33)55/h1-30H. The Hall–Kier alpha value is -7.56. The molecule has 12 aromatic rings. The van der Waals surface area contributed by atoms with Gasteiger partial charge in [0, 0.05) is 54.9 Å². The largest absolute Gasteiger partial charge is 0.310 e. The lowest BCUT2D eigenvalue weighted by molar-refractivity contribution is 0.749. The number of hydrogen-bond acceptors (Lipinski definition) is 0. The van der Waals surface area contributed by atoms with Crippen molar-refractivity contribution in [2.45, 2.75) is 5.41 Å². The van der Waals surface area contributed by atoms with Gasteiger partial charge in [-0.3, -0.25) is 0 Å². The molecule has 59 heavy (non-hydrogen) atoms. The Morgan fingerprint density at radius 3 is 1.80 bits per heavy atom. The Morgan fingerprint density at radius 2 is 1.00 bits per heavy atom. The highest BCUT2D eigenvalue weighted by atomic mass is 15.1. The van der Waals surface area contributed by atoms with Crippen molar-refractivity contribution < 1.29 is 0 Å². The van der Waals surface area contributed by atoms with Gasteiger partial charge in [-0.05, 0) is 86.2 Å². The van der Waals surface area contributed by atoms with E-state index in [4.69, 9.17) is 0 Å². The Labute approximate surface area is 338 Å². The fraction of sp³-hybridized carbons (Fsp3) is 0.0182. The third kappa shape index (κ3) is 3.04. The van der Waals surface area contributed by atoms with E-state index in [1.165, 1.54) is 132 Å². The highest BCUT2D eigenvalue weighted by molar-refractivity contribution is 7.02. The molecule has 1 spiro atoms. The average molecular weight is 744 g/mol. The summed E-state index contributed by atoms with van der Waals surface area (Å²) in [5.41, 5.74) is 23.5. The van der Waals surface area contributed by atoms with Gasteiger partial charge in [0.2, 0.25) is 0 Å². The first kappa shape index (κ1) is 29.7. The summed E-state index contributed by atoms with van der Waals surface area (Å²) in [4.78, 5) is 0. The van der Waals surface area contributed by atoms with Gasteiger partial charge in [0.15, 0.2) is 0 Å². The second-order valence-electron chi connectivity index (χ2n) is 17.1. The molecule has 0 unspecified atom stereocenters. The minimum Gasteiger partial charge on any atom is -0.310 e. The third-order valence-corrected chi connectivity index (χ3v) is 14.8. The van der Waals surface area contributed by atoms with E-state index in [0.29, 0.717) is 0 Å².